The van der Waals surface area contributed by atoms with E-state index in [0.29, 0.717) is 12.4 Å². The Balaban J connectivity index is 2.29. The Morgan fingerprint density at radius 2 is 2.30 bits per heavy atom. The maximum absolute atomic E-state index is 10.9. The van der Waals surface area contributed by atoms with Crippen LogP contribution in [0.5, 0.6) is 0 Å². The zero-order chi connectivity index (χ0) is 14.7. The first-order valence-electron chi connectivity index (χ1n) is 5.88. The van der Waals surface area contributed by atoms with Crippen molar-refractivity contribution >= 4 is 17.3 Å². The van der Waals surface area contributed by atoms with Gasteiger partial charge in [0, 0.05) is 19.2 Å². The third-order valence-corrected chi connectivity index (χ3v) is 2.92. The van der Waals surface area contributed by atoms with Crippen molar-refractivity contribution in [3.8, 4) is 0 Å². The van der Waals surface area contributed by atoms with Gasteiger partial charge in [-0.2, -0.15) is 0 Å². The van der Waals surface area contributed by atoms with Crippen molar-refractivity contribution in [1.82, 2.24) is 4.98 Å². The van der Waals surface area contributed by atoms with E-state index in [1.54, 1.807) is 18.2 Å². The van der Waals surface area contributed by atoms with Crippen LogP contribution in [-0.4, -0.2) is 17.0 Å². The van der Waals surface area contributed by atoms with Gasteiger partial charge < -0.3 is 14.7 Å². The second-order valence-corrected chi connectivity index (χ2v) is 4.33. The molecule has 0 radical (unpaired) electrons. The molecule has 0 aliphatic heterocycles. The van der Waals surface area contributed by atoms with Gasteiger partial charge >= 0.3 is 0 Å². The molecule has 0 fully saturated rings. The van der Waals surface area contributed by atoms with E-state index in [0.717, 1.165) is 11.3 Å². The average molecular weight is 277 g/mol. The Labute approximate surface area is 115 Å². The van der Waals surface area contributed by atoms with Crippen LogP contribution in [-0.2, 0) is 6.54 Å². The molecule has 20 heavy (non-hydrogen) atoms. The van der Waals surface area contributed by atoms with E-state index in [1.807, 2.05) is 13.0 Å². The lowest BCUT2D eigenvalue weighted by Crippen LogP contribution is -2.19. The number of nitrogens with zero attached hydrogens (tertiary/aromatic N) is 3. The number of aryl methyl sites for hydroxylation is 1. The second-order valence-electron chi connectivity index (χ2n) is 4.33. The van der Waals surface area contributed by atoms with Gasteiger partial charge in [0.2, 0.25) is 0 Å². The summed E-state index contributed by atoms with van der Waals surface area (Å²) < 4.78 is 5.22. The average Bonchev–Trinajstić information content (AvgIpc) is 2.83. The maximum atomic E-state index is 10.9. The maximum Gasteiger partial charge on any atom is 0.276 e. The molecule has 0 atom stereocenters. The standard InChI is InChI=1S/C12H15N5O3/c1-8-9(3-4-20-8)7-16(2)12-6-10(17(18)19)5-11(14-12)15-13/h3-6H,7,13H2,1-2H3,(H,14,15). The molecule has 0 aliphatic rings. The summed E-state index contributed by atoms with van der Waals surface area (Å²) >= 11 is 0. The number of nitrogens with two attached hydrogens (primary N) is 1. The summed E-state index contributed by atoms with van der Waals surface area (Å²) in [6.07, 6.45) is 1.60. The predicted octanol–water partition coefficient (Wildman–Crippen LogP) is 1.81. The molecule has 2 aromatic rings. The van der Waals surface area contributed by atoms with Crippen LogP contribution < -0.4 is 16.2 Å². The number of pyridine rings is 1. The minimum absolute atomic E-state index is 0.0706. The van der Waals surface area contributed by atoms with Crippen LogP contribution in [0.4, 0.5) is 17.3 Å². The van der Waals surface area contributed by atoms with Gasteiger partial charge in [-0.15, -0.1) is 0 Å². The third-order valence-electron chi connectivity index (χ3n) is 2.92. The Bertz CT molecular complexity index is 625. The van der Waals surface area contributed by atoms with E-state index in [-0.39, 0.29) is 11.5 Å². The van der Waals surface area contributed by atoms with Crippen LogP contribution in [0, 0.1) is 17.0 Å². The molecule has 0 unspecified atom stereocenters. The van der Waals surface area contributed by atoms with Crippen LogP contribution in [0.1, 0.15) is 11.3 Å². The van der Waals surface area contributed by atoms with Gasteiger partial charge in [-0.3, -0.25) is 10.1 Å². The number of hydrogen-bond acceptors (Lipinski definition) is 7. The normalized spacial score (nSPS) is 10.3. The molecular weight excluding hydrogens is 262 g/mol. The zero-order valence-electron chi connectivity index (χ0n) is 11.2. The predicted molar refractivity (Wildman–Crippen MR) is 74.3 cm³/mol. The third kappa shape index (κ3) is 2.86. The van der Waals surface area contributed by atoms with Crippen molar-refractivity contribution in [1.29, 1.82) is 0 Å². The SMILES string of the molecule is Cc1occc1CN(C)c1cc([N+](=O)[O-])cc(NN)n1. The van der Waals surface area contributed by atoms with E-state index in [1.165, 1.54) is 12.1 Å². The largest absolute Gasteiger partial charge is 0.469 e. The lowest BCUT2D eigenvalue weighted by molar-refractivity contribution is -0.384. The number of hydrazine groups is 1. The number of nitrogen functional groups attached to an aromatic ring is 1. The van der Waals surface area contributed by atoms with Crippen LogP contribution in [0.15, 0.2) is 28.9 Å². The van der Waals surface area contributed by atoms with Crippen molar-refractivity contribution in [3.63, 3.8) is 0 Å². The summed E-state index contributed by atoms with van der Waals surface area (Å²) in [7, 11) is 1.79. The summed E-state index contributed by atoms with van der Waals surface area (Å²) in [6.45, 7) is 2.39. The van der Waals surface area contributed by atoms with Gasteiger partial charge in [0.1, 0.15) is 17.4 Å². The fourth-order valence-corrected chi connectivity index (χ4v) is 1.79. The number of rotatable bonds is 5. The van der Waals surface area contributed by atoms with Crippen molar-refractivity contribution < 1.29 is 9.34 Å². The molecule has 8 heteroatoms. The Kier molecular flexibility index (Phi) is 3.85. The van der Waals surface area contributed by atoms with Crippen LogP contribution >= 0.6 is 0 Å². The second kappa shape index (κ2) is 5.57. The quantitative estimate of drug-likeness (QED) is 0.487. The van der Waals surface area contributed by atoms with E-state index in [2.05, 4.69) is 10.4 Å². The molecule has 2 aromatic heterocycles. The lowest BCUT2D eigenvalue weighted by atomic mass is 10.2. The summed E-state index contributed by atoms with van der Waals surface area (Å²) in [5.41, 5.74) is 3.25. The highest BCUT2D eigenvalue weighted by Crippen LogP contribution is 2.23. The number of anilines is 2. The van der Waals surface area contributed by atoms with Crippen molar-refractivity contribution in [2.24, 2.45) is 5.84 Å². The highest BCUT2D eigenvalue weighted by Gasteiger charge is 2.14. The topological polar surface area (TPSA) is 110 Å². The monoisotopic (exact) mass is 277 g/mol. The first-order valence-corrected chi connectivity index (χ1v) is 5.88. The summed E-state index contributed by atoms with van der Waals surface area (Å²) in [6, 6.07) is 4.53. The van der Waals surface area contributed by atoms with Gasteiger partial charge in [-0.25, -0.2) is 10.8 Å². The number of nitrogens with one attached hydrogen (secondary N) is 1. The molecule has 0 aliphatic carbocycles. The first-order chi connectivity index (χ1) is 9.51. The van der Waals surface area contributed by atoms with Crippen LogP contribution in [0.3, 0.4) is 0 Å². The Morgan fingerprint density at radius 1 is 1.55 bits per heavy atom. The Morgan fingerprint density at radius 3 is 2.85 bits per heavy atom. The molecule has 8 nitrogen and oxygen atoms in total. The van der Waals surface area contributed by atoms with Crippen molar-refractivity contribution in [2.75, 3.05) is 17.4 Å². The lowest BCUT2D eigenvalue weighted by Gasteiger charge is -2.18. The van der Waals surface area contributed by atoms with E-state index >= 15 is 0 Å². The number of aromatic nitrogens is 1. The van der Waals surface area contributed by atoms with Crippen LogP contribution in [0.25, 0.3) is 0 Å². The molecule has 0 saturated heterocycles. The number of hydrogen-bond donors (Lipinski definition) is 2. The summed E-state index contributed by atoms with van der Waals surface area (Å²) in [5, 5.41) is 10.9. The zero-order valence-corrected chi connectivity index (χ0v) is 11.2. The van der Waals surface area contributed by atoms with E-state index in [9.17, 15) is 10.1 Å². The summed E-state index contributed by atoms with van der Waals surface area (Å²) in [4.78, 5) is 16.4. The van der Waals surface area contributed by atoms with Gasteiger partial charge in [0.15, 0.2) is 0 Å². The van der Waals surface area contributed by atoms with Gasteiger partial charge in [0.05, 0.1) is 23.3 Å². The fraction of sp³-hybridized carbons (Fsp3) is 0.250. The van der Waals surface area contributed by atoms with Crippen LogP contribution in [0.2, 0.25) is 0 Å². The van der Waals surface area contributed by atoms with Crippen molar-refractivity contribution in [2.45, 2.75) is 13.5 Å². The number of furan rings is 1. The highest BCUT2D eigenvalue weighted by atomic mass is 16.6. The molecule has 2 heterocycles. The van der Waals surface area contributed by atoms with E-state index in [4.69, 9.17) is 10.3 Å². The fourth-order valence-electron chi connectivity index (χ4n) is 1.79. The summed E-state index contributed by atoms with van der Waals surface area (Å²) in [5.74, 6) is 6.78. The van der Waals surface area contributed by atoms with Gasteiger partial charge in [-0.05, 0) is 13.0 Å². The van der Waals surface area contributed by atoms with Crippen molar-refractivity contribution in [3.05, 3.63) is 45.9 Å². The molecule has 106 valence electrons. The molecular formula is C12H15N5O3. The molecule has 0 spiro atoms. The molecule has 0 saturated carbocycles. The molecule has 3 N–H and O–H groups in total. The highest BCUT2D eigenvalue weighted by molar-refractivity contribution is 5.55. The smallest absolute Gasteiger partial charge is 0.276 e. The van der Waals surface area contributed by atoms with E-state index < -0.39 is 4.92 Å². The number of nitro groups is 1. The molecule has 0 aromatic carbocycles. The minimum Gasteiger partial charge on any atom is -0.469 e. The molecule has 0 bridgehead atoms. The van der Waals surface area contributed by atoms with Gasteiger partial charge in [-0.1, -0.05) is 0 Å². The van der Waals surface area contributed by atoms with Gasteiger partial charge in [0.25, 0.3) is 5.69 Å². The first kappa shape index (κ1) is 13.8. The Hall–Kier alpha value is -2.61. The molecule has 0 amide bonds. The minimum atomic E-state index is -0.483. The molecule has 2 rings (SSSR count).